The summed E-state index contributed by atoms with van der Waals surface area (Å²) in [5.41, 5.74) is 3.83. The van der Waals surface area contributed by atoms with Gasteiger partial charge in [0.25, 0.3) is 11.8 Å². The molecule has 0 N–H and O–H groups in total. The van der Waals surface area contributed by atoms with Crippen molar-refractivity contribution >= 4 is 17.4 Å². The lowest BCUT2D eigenvalue weighted by atomic mass is 10.0. The third-order valence-electron chi connectivity index (χ3n) is 5.29. The van der Waals surface area contributed by atoms with E-state index in [4.69, 9.17) is 4.42 Å². The minimum atomic E-state index is -0.290. The maximum atomic E-state index is 13.4. The molecule has 3 aromatic rings. The van der Waals surface area contributed by atoms with E-state index in [-0.39, 0.29) is 18.4 Å². The number of nitrogens with zero attached hydrogens (tertiary/aromatic N) is 2. The molecular weight excluding hydrogens is 376 g/mol. The van der Waals surface area contributed by atoms with E-state index < -0.39 is 0 Å². The van der Waals surface area contributed by atoms with Gasteiger partial charge in [0.15, 0.2) is 0 Å². The number of rotatable bonds is 7. The second-order valence-electron chi connectivity index (χ2n) is 7.37. The Bertz CT molecular complexity index is 1070. The Morgan fingerprint density at radius 1 is 0.900 bits per heavy atom. The Morgan fingerprint density at radius 3 is 2.27 bits per heavy atom. The van der Waals surface area contributed by atoms with Gasteiger partial charge in [-0.1, -0.05) is 60.2 Å². The highest BCUT2D eigenvalue weighted by Crippen LogP contribution is 2.33. The van der Waals surface area contributed by atoms with E-state index in [0.29, 0.717) is 30.1 Å². The van der Waals surface area contributed by atoms with Gasteiger partial charge in [-0.05, 0) is 37.1 Å². The molecule has 0 unspecified atom stereocenters. The monoisotopic (exact) mass is 400 g/mol. The number of carbonyl (C=O) groups excluding carboxylic acids is 2. The zero-order chi connectivity index (χ0) is 21.1. The Morgan fingerprint density at radius 2 is 1.63 bits per heavy atom. The van der Waals surface area contributed by atoms with Crippen LogP contribution in [0.5, 0.6) is 0 Å². The first-order valence-corrected chi connectivity index (χ1v) is 10.1. The molecule has 0 saturated heterocycles. The van der Waals surface area contributed by atoms with Gasteiger partial charge in [-0.2, -0.15) is 0 Å². The predicted octanol–water partition coefficient (Wildman–Crippen LogP) is 4.39. The van der Waals surface area contributed by atoms with E-state index in [1.165, 1.54) is 4.90 Å². The fourth-order valence-electron chi connectivity index (χ4n) is 3.69. The number of carbonyl (C=O) groups is 2. The van der Waals surface area contributed by atoms with E-state index in [9.17, 15) is 9.59 Å². The van der Waals surface area contributed by atoms with E-state index >= 15 is 0 Å². The summed E-state index contributed by atoms with van der Waals surface area (Å²) in [6.45, 7) is 5.27. The van der Waals surface area contributed by atoms with E-state index in [2.05, 4.69) is 0 Å². The Balaban J connectivity index is 1.76. The lowest BCUT2D eigenvalue weighted by Gasteiger charge is -2.24. The molecule has 5 heteroatoms. The van der Waals surface area contributed by atoms with Gasteiger partial charge < -0.3 is 9.32 Å². The summed E-state index contributed by atoms with van der Waals surface area (Å²) in [6.07, 6.45) is 1.54. The number of aryl methyl sites for hydroxylation is 1. The molecule has 152 valence electrons. The molecule has 0 saturated carbocycles. The molecule has 2 aromatic carbocycles. The molecule has 0 atom stereocenters. The van der Waals surface area contributed by atoms with Crippen molar-refractivity contribution < 1.29 is 14.0 Å². The number of imide groups is 1. The number of benzene rings is 2. The van der Waals surface area contributed by atoms with E-state index in [1.807, 2.05) is 73.3 Å². The number of furan rings is 1. The smallest absolute Gasteiger partial charge is 0.278 e. The lowest BCUT2D eigenvalue weighted by Crippen LogP contribution is -2.34. The van der Waals surface area contributed by atoms with Gasteiger partial charge in [0.05, 0.1) is 18.4 Å². The van der Waals surface area contributed by atoms with Crippen LogP contribution in [0.15, 0.2) is 83.1 Å². The minimum absolute atomic E-state index is 0.117. The summed E-state index contributed by atoms with van der Waals surface area (Å²) in [5, 5.41) is 0. The molecule has 0 bridgehead atoms. The van der Waals surface area contributed by atoms with Crippen LogP contribution in [0.4, 0.5) is 0 Å². The van der Waals surface area contributed by atoms with Crippen molar-refractivity contribution in [2.24, 2.45) is 0 Å². The number of hydrogen-bond donors (Lipinski definition) is 0. The van der Waals surface area contributed by atoms with Crippen LogP contribution in [0.1, 0.15) is 29.4 Å². The van der Waals surface area contributed by atoms with Crippen molar-refractivity contribution in [3.05, 3.63) is 101 Å². The molecule has 4 rings (SSSR count). The van der Waals surface area contributed by atoms with Crippen LogP contribution in [0, 0.1) is 6.92 Å². The number of amides is 2. The molecule has 0 radical (unpaired) electrons. The first-order valence-electron chi connectivity index (χ1n) is 10.1. The third-order valence-corrected chi connectivity index (χ3v) is 5.29. The van der Waals surface area contributed by atoms with Crippen LogP contribution in [-0.2, 0) is 22.7 Å². The van der Waals surface area contributed by atoms with Gasteiger partial charge in [0.1, 0.15) is 11.5 Å². The summed E-state index contributed by atoms with van der Waals surface area (Å²) in [5.74, 6) is -0.00108. The predicted molar refractivity (Wildman–Crippen MR) is 115 cm³/mol. The number of likely N-dealkylation sites (N-methyl/N-ethyl adjacent to an activating group) is 1. The second-order valence-corrected chi connectivity index (χ2v) is 7.37. The summed E-state index contributed by atoms with van der Waals surface area (Å²) in [4.78, 5) is 30.1. The van der Waals surface area contributed by atoms with Gasteiger partial charge in [-0.15, -0.1) is 0 Å². The standard InChI is InChI=1S/C25H24N2O3/c1-3-26(16-19-8-5-4-6-9-19)23-22(20-13-11-18(2)12-14-20)24(28)27(25(23)29)17-21-10-7-15-30-21/h4-15H,3,16-17H2,1-2H3. The second kappa shape index (κ2) is 8.41. The maximum absolute atomic E-state index is 13.4. The van der Waals surface area contributed by atoms with E-state index in [0.717, 1.165) is 16.7 Å². The molecule has 0 fully saturated rings. The first kappa shape index (κ1) is 19.7. The molecule has 2 amide bonds. The largest absolute Gasteiger partial charge is 0.467 e. The molecule has 1 aliphatic rings. The SMILES string of the molecule is CCN(Cc1ccccc1)C1=C(c2ccc(C)cc2)C(=O)N(Cc2ccco2)C1=O. The van der Waals surface area contributed by atoms with Gasteiger partial charge in [-0.3, -0.25) is 14.5 Å². The zero-order valence-corrected chi connectivity index (χ0v) is 17.2. The third kappa shape index (κ3) is 3.79. The topological polar surface area (TPSA) is 53.8 Å². The molecule has 2 heterocycles. The summed E-state index contributed by atoms with van der Waals surface area (Å²) < 4.78 is 5.39. The molecule has 0 aliphatic carbocycles. The van der Waals surface area contributed by atoms with Crippen LogP contribution >= 0.6 is 0 Å². The zero-order valence-electron chi connectivity index (χ0n) is 17.2. The Hall–Kier alpha value is -3.60. The van der Waals surface area contributed by atoms with Crippen LogP contribution in [0.3, 0.4) is 0 Å². The maximum Gasteiger partial charge on any atom is 0.278 e. The van der Waals surface area contributed by atoms with Crippen LogP contribution in [0.2, 0.25) is 0 Å². The van der Waals surface area contributed by atoms with Gasteiger partial charge in [0.2, 0.25) is 0 Å². The van der Waals surface area contributed by atoms with Crippen LogP contribution in [-0.4, -0.2) is 28.2 Å². The minimum Gasteiger partial charge on any atom is -0.467 e. The first-order chi connectivity index (χ1) is 14.6. The molecule has 5 nitrogen and oxygen atoms in total. The van der Waals surface area contributed by atoms with Gasteiger partial charge in [-0.25, -0.2) is 0 Å². The Kier molecular flexibility index (Phi) is 5.53. The Labute approximate surface area is 176 Å². The molecule has 30 heavy (non-hydrogen) atoms. The van der Waals surface area contributed by atoms with Crippen molar-refractivity contribution in [2.45, 2.75) is 26.9 Å². The quantitative estimate of drug-likeness (QED) is 0.552. The fourth-order valence-corrected chi connectivity index (χ4v) is 3.69. The highest BCUT2D eigenvalue weighted by atomic mass is 16.3. The van der Waals surface area contributed by atoms with Crippen molar-refractivity contribution in [3.63, 3.8) is 0 Å². The van der Waals surface area contributed by atoms with Gasteiger partial charge in [0, 0.05) is 13.1 Å². The van der Waals surface area contributed by atoms with Crippen LogP contribution < -0.4 is 0 Å². The summed E-state index contributed by atoms with van der Waals surface area (Å²) >= 11 is 0. The fraction of sp³-hybridized carbons (Fsp3) is 0.200. The van der Waals surface area contributed by atoms with Crippen molar-refractivity contribution in [1.29, 1.82) is 0 Å². The van der Waals surface area contributed by atoms with E-state index in [1.54, 1.807) is 18.4 Å². The summed E-state index contributed by atoms with van der Waals surface area (Å²) in [7, 11) is 0. The average molecular weight is 400 g/mol. The lowest BCUT2D eigenvalue weighted by molar-refractivity contribution is -0.138. The summed E-state index contributed by atoms with van der Waals surface area (Å²) in [6, 6.07) is 21.2. The van der Waals surface area contributed by atoms with Gasteiger partial charge >= 0.3 is 0 Å². The van der Waals surface area contributed by atoms with Crippen molar-refractivity contribution in [2.75, 3.05) is 6.54 Å². The van der Waals surface area contributed by atoms with Crippen molar-refractivity contribution in [1.82, 2.24) is 9.80 Å². The van der Waals surface area contributed by atoms with Crippen LogP contribution in [0.25, 0.3) is 5.57 Å². The molecule has 0 spiro atoms. The highest BCUT2D eigenvalue weighted by Gasteiger charge is 2.41. The normalized spacial score (nSPS) is 14.0. The molecule has 1 aromatic heterocycles. The van der Waals surface area contributed by atoms with Crippen molar-refractivity contribution in [3.8, 4) is 0 Å². The molecular formula is C25H24N2O3. The molecule has 1 aliphatic heterocycles. The number of hydrogen-bond acceptors (Lipinski definition) is 4. The average Bonchev–Trinajstić information content (AvgIpc) is 3.36. The highest BCUT2D eigenvalue weighted by molar-refractivity contribution is 6.35.